The van der Waals surface area contributed by atoms with Gasteiger partial charge < -0.3 is 9.47 Å². The van der Waals surface area contributed by atoms with Gasteiger partial charge in [-0.15, -0.1) is 21.5 Å². The lowest BCUT2D eigenvalue weighted by Crippen LogP contribution is -2.36. The van der Waals surface area contributed by atoms with E-state index < -0.39 is 0 Å². The number of carbonyl (C=O) groups excluding carboxylic acids is 1. The highest BCUT2D eigenvalue weighted by Gasteiger charge is 2.24. The van der Waals surface area contributed by atoms with Crippen molar-refractivity contribution in [2.45, 2.75) is 50.2 Å². The van der Waals surface area contributed by atoms with Crippen LogP contribution in [0, 0.1) is 0 Å². The predicted octanol–water partition coefficient (Wildman–Crippen LogP) is 5.70. The minimum absolute atomic E-state index is 0.119. The Hall–Kier alpha value is -2.90. The Morgan fingerprint density at radius 2 is 1.71 bits per heavy atom. The number of benzene rings is 2. The lowest BCUT2D eigenvalue weighted by Gasteiger charge is -2.24. The fraction of sp³-hybridized carbons (Fsp3) is 0.296. The second-order valence-electron chi connectivity index (χ2n) is 8.14. The summed E-state index contributed by atoms with van der Waals surface area (Å²) in [6, 6.07) is 24.8. The fourth-order valence-electron chi connectivity index (χ4n) is 3.83. The summed E-state index contributed by atoms with van der Waals surface area (Å²) in [5, 5.41) is 11.7. The Labute approximate surface area is 209 Å². The van der Waals surface area contributed by atoms with Gasteiger partial charge in [0, 0.05) is 30.9 Å². The molecule has 4 rings (SSSR count). The van der Waals surface area contributed by atoms with Crippen LogP contribution >= 0.6 is 23.1 Å². The SMILES string of the molecule is CCN(Cc1ccccc1)C(=O)C(C)Sc1nnc(Cc2cccs2)n1CCc1ccccc1. The molecule has 0 spiro atoms. The van der Waals surface area contributed by atoms with Crippen molar-refractivity contribution in [3.8, 4) is 0 Å². The van der Waals surface area contributed by atoms with E-state index in [2.05, 4.69) is 68.7 Å². The molecular weight excluding hydrogens is 460 g/mol. The molecule has 2 aromatic carbocycles. The van der Waals surface area contributed by atoms with Crippen molar-refractivity contribution in [3.05, 3.63) is 100 Å². The molecule has 1 unspecified atom stereocenters. The molecule has 1 amide bonds. The lowest BCUT2D eigenvalue weighted by molar-refractivity contribution is -0.130. The molecule has 0 aliphatic carbocycles. The zero-order valence-corrected chi connectivity index (χ0v) is 21.3. The van der Waals surface area contributed by atoms with Gasteiger partial charge >= 0.3 is 0 Å². The first-order valence-corrected chi connectivity index (χ1v) is 13.4. The normalized spacial score (nSPS) is 11.9. The van der Waals surface area contributed by atoms with E-state index in [1.54, 1.807) is 11.3 Å². The van der Waals surface area contributed by atoms with E-state index in [0.29, 0.717) is 13.1 Å². The highest BCUT2D eigenvalue weighted by Crippen LogP contribution is 2.26. The minimum Gasteiger partial charge on any atom is -0.338 e. The van der Waals surface area contributed by atoms with Gasteiger partial charge in [-0.1, -0.05) is 78.5 Å². The highest BCUT2D eigenvalue weighted by atomic mass is 32.2. The number of thioether (sulfide) groups is 1. The van der Waals surface area contributed by atoms with Crippen LogP contribution in [-0.4, -0.2) is 37.4 Å². The molecule has 176 valence electrons. The summed E-state index contributed by atoms with van der Waals surface area (Å²) in [4.78, 5) is 16.5. The maximum absolute atomic E-state index is 13.3. The summed E-state index contributed by atoms with van der Waals surface area (Å²) in [5.74, 6) is 1.06. The number of carbonyl (C=O) groups is 1. The minimum atomic E-state index is -0.252. The zero-order valence-electron chi connectivity index (χ0n) is 19.6. The van der Waals surface area contributed by atoms with Crippen LogP contribution < -0.4 is 0 Å². The average molecular weight is 491 g/mol. The number of thiophene rings is 1. The molecule has 0 fully saturated rings. The standard InChI is InChI=1S/C27H30N4OS2/c1-3-30(20-23-13-8-5-9-14-23)26(32)21(2)34-27-29-28-25(19-24-15-10-18-33-24)31(27)17-16-22-11-6-4-7-12-22/h4-15,18,21H,3,16-17,19-20H2,1-2H3. The van der Waals surface area contributed by atoms with E-state index in [-0.39, 0.29) is 11.2 Å². The van der Waals surface area contributed by atoms with E-state index in [0.717, 1.165) is 35.9 Å². The Morgan fingerprint density at radius 1 is 1.00 bits per heavy atom. The first-order chi connectivity index (χ1) is 16.6. The molecule has 0 aliphatic heterocycles. The predicted molar refractivity (Wildman–Crippen MR) is 140 cm³/mol. The van der Waals surface area contributed by atoms with Crippen LogP contribution in [0.5, 0.6) is 0 Å². The number of aryl methyl sites for hydroxylation is 1. The second kappa shape index (κ2) is 12.0. The lowest BCUT2D eigenvalue weighted by atomic mass is 10.1. The van der Waals surface area contributed by atoms with Crippen LogP contribution in [0.1, 0.15) is 35.7 Å². The molecular formula is C27H30N4OS2. The molecule has 0 radical (unpaired) electrons. The first-order valence-electron chi connectivity index (χ1n) is 11.6. The van der Waals surface area contributed by atoms with Crippen molar-refractivity contribution in [2.75, 3.05) is 6.54 Å². The molecule has 0 N–H and O–H groups in total. The van der Waals surface area contributed by atoms with Gasteiger partial charge in [0.15, 0.2) is 5.16 Å². The van der Waals surface area contributed by atoms with E-state index in [1.807, 2.05) is 43.0 Å². The number of rotatable bonds is 11. The highest BCUT2D eigenvalue weighted by molar-refractivity contribution is 8.00. The molecule has 0 bridgehead atoms. The van der Waals surface area contributed by atoms with Crippen molar-refractivity contribution >= 4 is 29.0 Å². The number of hydrogen-bond acceptors (Lipinski definition) is 5. The molecule has 0 saturated heterocycles. The van der Waals surface area contributed by atoms with E-state index in [4.69, 9.17) is 0 Å². The number of amides is 1. The Bertz CT molecular complexity index is 1160. The molecule has 2 aromatic heterocycles. The van der Waals surface area contributed by atoms with Crippen LogP contribution in [0.2, 0.25) is 0 Å². The summed E-state index contributed by atoms with van der Waals surface area (Å²) in [6.07, 6.45) is 1.64. The van der Waals surface area contributed by atoms with Gasteiger partial charge in [-0.05, 0) is 42.8 Å². The number of hydrogen-bond donors (Lipinski definition) is 0. The maximum atomic E-state index is 13.3. The third-order valence-electron chi connectivity index (χ3n) is 5.71. The van der Waals surface area contributed by atoms with Crippen molar-refractivity contribution in [1.29, 1.82) is 0 Å². The van der Waals surface area contributed by atoms with Gasteiger partial charge in [-0.2, -0.15) is 0 Å². The molecule has 0 saturated carbocycles. The summed E-state index contributed by atoms with van der Waals surface area (Å²) >= 11 is 3.23. The maximum Gasteiger partial charge on any atom is 0.236 e. The van der Waals surface area contributed by atoms with Gasteiger partial charge in [0.2, 0.25) is 5.91 Å². The largest absolute Gasteiger partial charge is 0.338 e. The van der Waals surface area contributed by atoms with Crippen LogP contribution in [0.25, 0.3) is 0 Å². The Morgan fingerprint density at radius 3 is 2.35 bits per heavy atom. The summed E-state index contributed by atoms with van der Waals surface area (Å²) in [6.45, 7) is 6.06. The summed E-state index contributed by atoms with van der Waals surface area (Å²) < 4.78 is 2.19. The van der Waals surface area contributed by atoms with E-state index in [1.165, 1.54) is 22.2 Å². The number of nitrogens with zero attached hydrogens (tertiary/aromatic N) is 4. The number of aromatic nitrogens is 3. The quantitative estimate of drug-likeness (QED) is 0.253. The van der Waals surface area contributed by atoms with Crippen LogP contribution in [-0.2, 0) is 30.7 Å². The van der Waals surface area contributed by atoms with E-state index >= 15 is 0 Å². The molecule has 7 heteroatoms. The third-order valence-corrected chi connectivity index (χ3v) is 7.66. The Kier molecular flexibility index (Phi) is 8.55. The smallest absolute Gasteiger partial charge is 0.236 e. The Balaban J connectivity index is 1.49. The molecule has 1 atom stereocenters. The first kappa shape index (κ1) is 24.2. The third kappa shape index (κ3) is 6.36. The van der Waals surface area contributed by atoms with Crippen LogP contribution in [0.3, 0.4) is 0 Å². The van der Waals surface area contributed by atoms with Crippen LogP contribution in [0.15, 0.2) is 83.3 Å². The zero-order chi connectivity index (χ0) is 23.8. The van der Waals surface area contributed by atoms with Gasteiger partial charge in [0.1, 0.15) is 5.82 Å². The summed E-state index contributed by atoms with van der Waals surface area (Å²) in [7, 11) is 0. The van der Waals surface area contributed by atoms with Gasteiger partial charge in [-0.3, -0.25) is 4.79 Å². The summed E-state index contributed by atoms with van der Waals surface area (Å²) in [5.41, 5.74) is 2.41. The van der Waals surface area contributed by atoms with Crippen molar-refractivity contribution in [3.63, 3.8) is 0 Å². The molecule has 2 heterocycles. The second-order valence-corrected chi connectivity index (χ2v) is 10.5. The van der Waals surface area contributed by atoms with Crippen molar-refractivity contribution in [1.82, 2.24) is 19.7 Å². The van der Waals surface area contributed by atoms with Crippen molar-refractivity contribution < 1.29 is 4.79 Å². The molecule has 4 aromatic rings. The van der Waals surface area contributed by atoms with Gasteiger partial charge in [-0.25, -0.2) is 0 Å². The van der Waals surface area contributed by atoms with Gasteiger partial charge in [0.25, 0.3) is 0 Å². The molecule has 0 aliphatic rings. The van der Waals surface area contributed by atoms with Crippen molar-refractivity contribution in [2.24, 2.45) is 0 Å². The topological polar surface area (TPSA) is 51.0 Å². The monoisotopic (exact) mass is 490 g/mol. The fourth-order valence-corrected chi connectivity index (χ4v) is 5.51. The van der Waals surface area contributed by atoms with Gasteiger partial charge in [0.05, 0.1) is 5.25 Å². The molecule has 5 nitrogen and oxygen atoms in total. The van der Waals surface area contributed by atoms with E-state index in [9.17, 15) is 4.79 Å². The van der Waals surface area contributed by atoms with Crippen LogP contribution in [0.4, 0.5) is 0 Å². The molecule has 34 heavy (non-hydrogen) atoms. The average Bonchev–Trinajstić information content (AvgIpc) is 3.52.